The number of aromatic nitrogens is 3. The van der Waals surface area contributed by atoms with Crippen LogP contribution < -0.4 is 11.1 Å². The van der Waals surface area contributed by atoms with Crippen LogP contribution in [0, 0.1) is 0 Å². The number of pyridine rings is 1. The van der Waals surface area contributed by atoms with Crippen molar-refractivity contribution in [1.82, 2.24) is 15.2 Å². The van der Waals surface area contributed by atoms with Crippen LogP contribution in [0.3, 0.4) is 0 Å². The van der Waals surface area contributed by atoms with Gasteiger partial charge in [-0.15, -0.1) is 0 Å². The molecular weight excluding hydrogens is 154 g/mol. The second kappa shape index (κ2) is 2.37. The summed E-state index contributed by atoms with van der Waals surface area (Å²) < 4.78 is 0. The van der Waals surface area contributed by atoms with E-state index in [9.17, 15) is 0 Å². The lowest BCUT2D eigenvalue weighted by molar-refractivity contribution is 1.09. The Labute approximate surface area is 69.0 Å². The second-order valence-corrected chi connectivity index (χ2v) is 2.49. The SMILES string of the molecule is CNc1n[nH]c2ncc(N)cc12. The first-order valence-electron chi connectivity index (χ1n) is 3.58. The number of anilines is 2. The fourth-order valence-electron chi connectivity index (χ4n) is 1.11. The molecule has 0 unspecified atom stereocenters. The van der Waals surface area contributed by atoms with Crippen LogP contribution in [0.1, 0.15) is 0 Å². The fourth-order valence-corrected chi connectivity index (χ4v) is 1.11. The van der Waals surface area contributed by atoms with E-state index in [1.165, 1.54) is 0 Å². The van der Waals surface area contributed by atoms with E-state index in [4.69, 9.17) is 5.73 Å². The lowest BCUT2D eigenvalue weighted by Crippen LogP contribution is -1.89. The van der Waals surface area contributed by atoms with Crippen LogP contribution in [-0.4, -0.2) is 22.2 Å². The van der Waals surface area contributed by atoms with Gasteiger partial charge in [0.2, 0.25) is 0 Å². The third kappa shape index (κ3) is 0.868. The summed E-state index contributed by atoms with van der Waals surface area (Å²) in [4.78, 5) is 4.07. The molecule has 0 aliphatic rings. The van der Waals surface area contributed by atoms with Crippen molar-refractivity contribution in [1.29, 1.82) is 0 Å². The van der Waals surface area contributed by atoms with Gasteiger partial charge in [0.25, 0.3) is 0 Å². The molecule has 0 radical (unpaired) electrons. The van der Waals surface area contributed by atoms with Crippen molar-refractivity contribution in [2.45, 2.75) is 0 Å². The molecule has 2 heterocycles. The highest BCUT2D eigenvalue weighted by atomic mass is 15.2. The molecule has 0 bridgehead atoms. The topological polar surface area (TPSA) is 79.6 Å². The highest BCUT2D eigenvalue weighted by Crippen LogP contribution is 2.19. The van der Waals surface area contributed by atoms with E-state index < -0.39 is 0 Å². The largest absolute Gasteiger partial charge is 0.397 e. The van der Waals surface area contributed by atoms with Crippen LogP contribution >= 0.6 is 0 Å². The first-order valence-corrected chi connectivity index (χ1v) is 3.58. The van der Waals surface area contributed by atoms with Gasteiger partial charge in [-0.2, -0.15) is 5.10 Å². The Balaban J connectivity index is 2.75. The molecule has 0 saturated heterocycles. The minimum atomic E-state index is 0.639. The van der Waals surface area contributed by atoms with Gasteiger partial charge in [-0.3, -0.25) is 5.10 Å². The molecular formula is C7H9N5. The van der Waals surface area contributed by atoms with E-state index in [-0.39, 0.29) is 0 Å². The van der Waals surface area contributed by atoms with Gasteiger partial charge < -0.3 is 11.1 Å². The van der Waals surface area contributed by atoms with Gasteiger partial charge in [0.1, 0.15) is 0 Å². The fraction of sp³-hybridized carbons (Fsp3) is 0.143. The molecule has 12 heavy (non-hydrogen) atoms. The number of nitrogen functional groups attached to an aromatic ring is 1. The third-order valence-corrected chi connectivity index (χ3v) is 1.67. The summed E-state index contributed by atoms with van der Waals surface area (Å²) in [6.45, 7) is 0. The molecule has 2 aromatic rings. The van der Waals surface area contributed by atoms with E-state index >= 15 is 0 Å². The van der Waals surface area contributed by atoms with Crippen molar-refractivity contribution in [3.05, 3.63) is 12.3 Å². The highest BCUT2D eigenvalue weighted by molar-refractivity contribution is 5.88. The van der Waals surface area contributed by atoms with E-state index in [1.807, 2.05) is 6.07 Å². The number of nitrogens with one attached hydrogen (secondary N) is 2. The monoisotopic (exact) mass is 163 g/mol. The van der Waals surface area contributed by atoms with Gasteiger partial charge in [-0.25, -0.2) is 4.98 Å². The lowest BCUT2D eigenvalue weighted by Gasteiger charge is -1.94. The zero-order valence-electron chi connectivity index (χ0n) is 6.63. The highest BCUT2D eigenvalue weighted by Gasteiger charge is 2.03. The predicted molar refractivity (Wildman–Crippen MR) is 47.8 cm³/mol. The molecule has 5 nitrogen and oxygen atoms in total. The molecule has 4 N–H and O–H groups in total. The standard InChI is InChI=1S/C7H9N5/c1-9-6-5-2-4(8)3-10-7(5)12-11-6/h2-3H,8H2,1H3,(H2,9,10,11,12). The summed E-state index contributed by atoms with van der Waals surface area (Å²) in [7, 11) is 1.80. The second-order valence-electron chi connectivity index (χ2n) is 2.49. The number of H-pyrrole nitrogens is 1. The first-order chi connectivity index (χ1) is 5.81. The summed E-state index contributed by atoms with van der Waals surface area (Å²) in [5.41, 5.74) is 6.96. The van der Waals surface area contributed by atoms with Gasteiger partial charge in [-0.05, 0) is 6.07 Å². The maximum absolute atomic E-state index is 5.57. The average molecular weight is 163 g/mol. The van der Waals surface area contributed by atoms with Crippen LogP contribution in [0.4, 0.5) is 11.5 Å². The molecule has 62 valence electrons. The van der Waals surface area contributed by atoms with Crippen LogP contribution in [0.25, 0.3) is 11.0 Å². The molecule has 5 heteroatoms. The number of nitrogens with two attached hydrogens (primary N) is 1. The van der Waals surface area contributed by atoms with Gasteiger partial charge in [0.15, 0.2) is 11.5 Å². The molecule has 0 aliphatic carbocycles. The van der Waals surface area contributed by atoms with Gasteiger partial charge in [0.05, 0.1) is 17.3 Å². The summed E-state index contributed by atoms with van der Waals surface area (Å²) in [5, 5.41) is 10.6. The van der Waals surface area contributed by atoms with Crippen molar-refractivity contribution in [3.8, 4) is 0 Å². The Morgan fingerprint density at radius 3 is 3.17 bits per heavy atom. The molecule has 0 saturated carbocycles. The van der Waals surface area contributed by atoms with E-state index in [0.717, 1.165) is 16.9 Å². The smallest absolute Gasteiger partial charge is 0.157 e. The number of rotatable bonds is 1. The van der Waals surface area contributed by atoms with Crippen molar-refractivity contribution in [2.24, 2.45) is 0 Å². The summed E-state index contributed by atoms with van der Waals surface area (Å²) in [6, 6.07) is 1.83. The zero-order chi connectivity index (χ0) is 8.55. The number of fused-ring (bicyclic) bond motifs is 1. The Bertz CT molecular complexity index is 405. The molecule has 0 aliphatic heterocycles. The van der Waals surface area contributed by atoms with Gasteiger partial charge in [0, 0.05) is 7.05 Å². The average Bonchev–Trinajstić information content (AvgIpc) is 2.46. The zero-order valence-corrected chi connectivity index (χ0v) is 6.63. The Morgan fingerprint density at radius 1 is 1.58 bits per heavy atom. The van der Waals surface area contributed by atoms with Crippen LogP contribution in [-0.2, 0) is 0 Å². The number of hydrogen-bond acceptors (Lipinski definition) is 4. The van der Waals surface area contributed by atoms with Crippen molar-refractivity contribution < 1.29 is 0 Å². The normalized spacial score (nSPS) is 10.4. The molecule has 0 amide bonds. The van der Waals surface area contributed by atoms with Crippen molar-refractivity contribution in [2.75, 3.05) is 18.1 Å². The Morgan fingerprint density at radius 2 is 2.42 bits per heavy atom. The lowest BCUT2D eigenvalue weighted by atomic mass is 10.3. The van der Waals surface area contributed by atoms with Gasteiger partial charge in [-0.1, -0.05) is 0 Å². The number of nitrogens with zero attached hydrogens (tertiary/aromatic N) is 2. The Hall–Kier alpha value is -1.78. The van der Waals surface area contributed by atoms with Crippen LogP contribution in [0.5, 0.6) is 0 Å². The van der Waals surface area contributed by atoms with Crippen molar-refractivity contribution in [3.63, 3.8) is 0 Å². The van der Waals surface area contributed by atoms with E-state index in [0.29, 0.717) is 5.69 Å². The van der Waals surface area contributed by atoms with E-state index in [2.05, 4.69) is 20.5 Å². The number of aromatic amines is 1. The van der Waals surface area contributed by atoms with Gasteiger partial charge >= 0.3 is 0 Å². The number of hydrogen-bond donors (Lipinski definition) is 3. The molecule has 0 spiro atoms. The van der Waals surface area contributed by atoms with Crippen LogP contribution in [0.2, 0.25) is 0 Å². The molecule has 0 fully saturated rings. The maximum atomic E-state index is 5.57. The van der Waals surface area contributed by atoms with E-state index in [1.54, 1.807) is 13.2 Å². The van der Waals surface area contributed by atoms with Crippen LogP contribution in [0.15, 0.2) is 12.3 Å². The van der Waals surface area contributed by atoms with Crippen molar-refractivity contribution >= 4 is 22.5 Å². The predicted octanol–water partition coefficient (Wildman–Crippen LogP) is 0.582. The first kappa shape index (κ1) is 6.90. The molecule has 0 atom stereocenters. The summed E-state index contributed by atoms with van der Waals surface area (Å²) in [5.74, 6) is 0.768. The minimum absolute atomic E-state index is 0.639. The maximum Gasteiger partial charge on any atom is 0.157 e. The summed E-state index contributed by atoms with van der Waals surface area (Å²) in [6.07, 6.45) is 1.60. The molecule has 0 aromatic carbocycles. The third-order valence-electron chi connectivity index (χ3n) is 1.67. The summed E-state index contributed by atoms with van der Waals surface area (Å²) >= 11 is 0. The molecule has 2 aromatic heterocycles. The molecule has 2 rings (SSSR count). The Kier molecular flexibility index (Phi) is 1.36. The quantitative estimate of drug-likeness (QED) is 0.574. The minimum Gasteiger partial charge on any atom is -0.397 e.